The van der Waals surface area contributed by atoms with E-state index in [1.165, 1.54) is 4.90 Å². The van der Waals surface area contributed by atoms with E-state index in [0.29, 0.717) is 24.2 Å². The molecule has 0 aliphatic carbocycles. The molecule has 0 saturated carbocycles. The van der Waals surface area contributed by atoms with Crippen molar-refractivity contribution in [3.8, 4) is 0 Å². The lowest BCUT2D eigenvalue weighted by Gasteiger charge is -2.14. The van der Waals surface area contributed by atoms with Crippen molar-refractivity contribution in [1.82, 2.24) is 25.2 Å². The van der Waals surface area contributed by atoms with Gasteiger partial charge in [0.2, 0.25) is 0 Å². The lowest BCUT2D eigenvalue weighted by molar-refractivity contribution is -0.135. The lowest BCUT2D eigenvalue weighted by atomic mass is 10.1. The van der Waals surface area contributed by atoms with E-state index in [1.807, 2.05) is 36.4 Å². The van der Waals surface area contributed by atoms with Gasteiger partial charge in [0, 0.05) is 31.6 Å². The Kier molecular flexibility index (Phi) is 5.56. The zero-order valence-corrected chi connectivity index (χ0v) is 16.2. The van der Waals surface area contributed by atoms with Gasteiger partial charge in [-0.3, -0.25) is 9.69 Å². The van der Waals surface area contributed by atoms with Crippen LogP contribution in [-0.2, 0) is 11.2 Å². The molecule has 0 atom stereocenters. The van der Waals surface area contributed by atoms with Crippen LogP contribution in [0, 0.1) is 0 Å². The summed E-state index contributed by atoms with van der Waals surface area (Å²) in [5.74, 6) is -0.0795. The summed E-state index contributed by atoms with van der Waals surface area (Å²) in [7, 11) is 0. The van der Waals surface area contributed by atoms with Gasteiger partial charge in [-0.1, -0.05) is 24.3 Å². The highest BCUT2D eigenvalue weighted by atomic mass is 16.4. The molecule has 1 aliphatic heterocycles. The van der Waals surface area contributed by atoms with Gasteiger partial charge in [-0.25, -0.2) is 14.8 Å². The number of fused-ring (bicyclic) bond motifs is 2. The highest BCUT2D eigenvalue weighted by Crippen LogP contribution is 2.09. The van der Waals surface area contributed by atoms with Gasteiger partial charge in [-0.2, -0.15) is 0 Å². The number of carboxylic acids is 1. The zero-order valence-electron chi connectivity index (χ0n) is 16.2. The third kappa shape index (κ3) is 4.38. The Hall–Kier alpha value is -3.94. The molecule has 0 spiro atoms. The van der Waals surface area contributed by atoms with E-state index in [4.69, 9.17) is 0 Å². The number of nitrogens with zero attached hydrogens (tertiary/aromatic N) is 3. The maximum atomic E-state index is 12.6. The number of carbonyl (C=O) groups is 2. The summed E-state index contributed by atoms with van der Waals surface area (Å²) in [6.07, 6.45) is 7.99. The van der Waals surface area contributed by atoms with Crippen molar-refractivity contribution in [3.63, 3.8) is 0 Å². The van der Waals surface area contributed by atoms with Gasteiger partial charge >= 0.3 is 12.0 Å². The first-order valence-electron chi connectivity index (χ1n) is 9.66. The van der Waals surface area contributed by atoms with Crippen LogP contribution in [0.15, 0.2) is 54.9 Å². The maximum absolute atomic E-state index is 12.6. The van der Waals surface area contributed by atoms with Crippen LogP contribution in [0.2, 0.25) is 0 Å². The van der Waals surface area contributed by atoms with Gasteiger partial charge in [-0.15, -0.1) is 0 Å². The predicted molar refractivity (Wildman–Crippen MR) is 112 cm³/mol. The number of aromatic nitrogens is 3. The number of hydrogen-bond acceptors (Lipinski definition) is 4. The number of carbonyl (C=O) groups excluding carboxylic acids is 1. The Morgan fingerprint density at radius 1 is 1.17 bits per heavy atom. The molecule has 8 nitrogen and oxygen atoms in total. The minimum absolute atomic E-state index is 0.108. The molecule has 3 aromatic rings. The van der Waals surface area contributed by atoms with Crippen molar-refractivity contribution in [2.75, 3.05) is 6.54 Å². The summed E-state index contributed by atoms with van der Waals surface area (Å²) in [6, 6.07) is 10.9. The summed E-state index contributed by atoms with van der Waals surface area (Å²) in [4.78, 5) is 37.1. The molecule has 3 heterocycles. The molecule has 2 aromatic heterocycles. The number of aliphatic carboxylic acids is 1. The number of aryl methyl sites for hydroxylation is 1. The number of rotatable bonds is 6. The van der Waals surface area contributed by atoms with Crippen LogP contribution in [0.25, 0.3) is 22.9 Å². The van der Waals surface area contributed by atoms with Gasteiger partial charge in [0.1, 0.15) is 5.82 Å². The number of benzene rings is 1. The second kappa shape index (κ2) is 8.60. The molecule has 0 fully saturated rings. The number of amides is 2. The van der Waals surface area contributed by atoms with Crippen LogP contribution in [0.4, 0.5) is 4.79 Å². The van der Waals surface area contributed by atoms with Crippen LogP contribution in [0.1, 0.15) is 18.7 Å². The number of H-pyrrole nitrogens is 1. The highest BCUT2D eigenvalue weighted by Gasteiger charge is 2.12. The van der Waals surface area contributed by atoms with Gasteiger partial charge < -0.3 is 15.4 Å². The Bertz CT molecular complexity index is 1210. The van der Waals surface area contributed by atoms with Crippen LogP contribution in [0.3, 0.4) is 0 Å². The molecule has 30 heavy (non-hydrogen) atoms. The van der Waals surface area contributed by atoms with Crippen molar-refractivity contribution in [1.29, 1.82) is 0 Å². The normalized spacial score (nSPS) is 12.9. The monoisotopic (exact) mass is 403 g/mol. The standard InChI is InChI=1S/C22H21N5O3/c28-20(29)13-15-9-12-27(14-16-5-1-2-6-17(15)16)22(30)24-11-4-8-19-25-18-7-3-10-23-21(18)26-19/h1-3,5-7,9-10,12,14H,4,8,11,13H2,(H,24,30)(H,28,29)(H,23,25,26). The van der Waals surface area contributed by atoms with Crippen molar-refractivity contribution >= 4 is 34.9 Å². The number of allylic oxidation sites excluding steroid dienone is 1. The van der Waals surface area contributed by atoms with Crippen molar-refractivity contribution in [3.05, 3.63) is 71.1 Å². The van der Waals surface area contributed by atoms with E-state index in [2.05, 4.69) is 20.3 Å². The lowest BCUT2D eigenvalue weighted by Crippen LogP contribution is -2.36. The molecule has 0 radical (unpaired) electrons. The molecule has 8 heteroatoms. The predicted octanol–water partition coefficient (Wildman–Crippen LogP) is 1.49. The molecule has 0 bridgehead atoms. The van der Waals surface area contributed by atoms with Crippen LogP contribution in [-0.4, -0.2) is 43.5 Å². The van der Waals surface area contributed by atoms with Crippen LogP contribution >= 0.6 is 0 Å². The fourth-order valence-electron chi connectivity index (χ4n) is 3.35. The Morgan fingerprint density at radius 2 is 2.03 bits per heavy atom. The van der Waals surface area contributed by atoms with Gasteiger partial charge in [-0.05, 0) is 40.6 Å². The molecular formula is C22H21N5O3. The molecule has 2 amide bonds. The summed E-state index contributed by atoms with van der Waals surface area (Å²) in [5.41, 5.74) is 2.24. The minimum Gasteiger partial charge on any atom is -0.481 e. The number of urea groups is 1. The average Bonchev–Trinajstić information content (AvgIpc) is 3.07. The summed E-state index contributed by atoms with van der Waals surface area (Å²) < 4.78 is 0. The number of pyridine rings is 1. The van der Waals surface area contributed by atoms with Crippen molar-refractivity contribution < 1.29 is 14.7 Å². The highest BCUT2D eigenvalue weighted by molar-refractivity contribution is 5.84. The maximum Gasteiger partial charge on any atom is 0.325 e. The molecular weight excluding hydrogens is 382 g/mol. The van der Waals surface area contributed by atoms with E-state index in [-0.39, 0.29) is 12.5 Å². The van der Waals surface area contributed by atoms with Crippen molar-refractivity contribution in [2.45, 2.75) is 19.3 Å². The van der Waals surface area contributed by atoms with E-state index in [0.717, 1.165) is 28.2 Å². The molecule has 0 saturated heterocycles. The minimum atomic E-state index is -0.914. The first kappa shape index (κ1) is 19.4. The van der Waals surface area contributed by atoms with Gasteiger partial charge in [0.05, 0.1) is 11.9 Å². The van der Waals surface area contributed by atoms with Gasteiger partial charge in [0.25, 0.3) is 0 Å². The first-order valence-corrected chi connectivity index (χ1v) is 9.66. The number of nitrogens with one attached hydrogen (secondary N) is 2. The Labute approximate surface area is 172 Å². The van der Waals surface area contributed by atoms with E-state index >= 15 is 0 Å². The third-order valence-corrected chi connectivity index (χ3v) is 4.77. The second-order valence-electron chi connectivity index (χ2n) is 6.93. The largest absolute Gasteiger partial charge is 0.481 e. The summed E-state index contributed by atoms with van der Waals surface area (Å²) in [5, 5.41) is 13.7. The fraction of sp³-hybridized carbons (Fsp3) is 0.182. The Morgan fingerprint density at radius 3 is 2.87 bits per heavy atom. The van der Waals surface area contributed by atoms with E-state index < -0.39 is 5.97 Å². The molecule has 0 unspecified atom stereocenters. The molecule has 152 valence electrons. The molecule has 1 aromatic carbocycles. The number of imidazole rings is 1. The smallest absolute Gasteiger partial charge is 0.325 e. The Balaban J connectivity index is 1.39. The van der Waals surface area contributed by atoms with E-state index in [1.54, 1.807) is 24.7 Å². The summed E-state index contributed by atoms with van der Waals surface area (Å²) >= 11 is 0. The fourth-order valence-corrected chi connectivity index (χ4v) is 3.35. The topological polar surface area (TPSA) is 111 Å². The van der Waals surface area contributed by atoms with Crippen molar-refractivity contribution in [2.24, 2.45) is 0 Å². The second-order valence-corrected chi connectivity index (χ2v) is 6.93. The SMILES string of the molecule is O=C(O)CC1=c2ccccc2=CN(C(=O)NCCCc2nc3ncccc3[nH]2)C=C1. The number of hydrogen-bond donors (Lipinski definition) is 3. The zero-order chi connectivity index (χ0) is 20.9. The third-order valence-electron chi connectivity index (χ3n) is 4.77. The number of aromatic amines is 1. The van der Waals surface area contributed by atoms with Gasteiger partial charge in [0.15, 0.2) is 5.65 Å². The molecule has 4 rings (SSSR count). The van der Waals surface area contributed by atoms with E-state index in [9.17, 15) is 14.7 Å². The summed E-state index contributed by atoms with van der Waals surface area (Å²) in [6.45, 7) is 0.481. The van der Waals surface area contributed by atoms with Crippen LogP contribution < -0.4 is 15.8 Å². The average molecular weight is 403 g/mol. The number of carboxylic acid groups (broad SMARTS) is 1. The molecule has 1 aliphatic rings. The molecule has 3 N–H and O–H groups in total. The van der Waals surface area contributed by atoms with Crippen LogP contribution in [0.5, 0.6) is 0 Å². The first-order chi connectivity index (χ1) is 14.6. The quantitative estimate of drug-likeness (QED) is 0.540.